The predicted octanol–water partition coefficient (Wildman–Crippen LogP) is 1.92. The van der Waals surface area contributed by atoms with Gasteiger partial charge in [0, 0.05) is 41.4 Å². The van der Waals surface area contributed by atoms with E-state index in [0.29, 0.717) is 11.3 Å². The fraction of sp³-hybridized carbons (Fsp3) is 0.800. The molecule has 1 heteroatoms. The molecule has 0 nitrogen and oxygen atoms in total. The SMILES string of the molecule is CC1C#CC2C(C1)C2(C)C.[Na]. The first kappa shape index (κ1) is 9.65. The van der Waals surface area contributed by atoms with Gasteiger partial charge in [0.2, 0.25) is 0 Å². The first-order valence-corrected chi connectivity index (χ1v) is 4.13. The Morgan fingerprint density at radius 1 is 1.27 bits per heavy atom. The van der Waals surface area contributed by atoms with Crippen molar-refractivity contribution in [2.45, 2.75) is 27.2 Å². The molecule has 0 aromatic rings. The van der Waals surface area contributed by atoms with Crippen LogP contribution in [0.5, 0.6) is 0 Å². The average molecular weight is 157 g/mol. The van der Waals surface area contributed by atoms with Gasteiger partial charge in [-0.05, 0) is 17.8 Å². The Bertz CT molecular complexity index is 219. The van der Waals surface area contributed by atoms with E-state index in [1.165, 1.54) is 6.42 Å². The van der Waals surface area contributed by atoms with Crippen LogP contribution in [0.1, 0.15) is 27.2 Å². The second-order valence-electron chi connectivity index (χ2n) is 4.33. The molecule has 0 saturated heterocycles. The summed E-state index contributed by atoms with van der Waals surface area (Å²) in [6, 6.07) is 0. The summed E-state index contributed by atoms with van der Waals surface area (Å²) in [4.78, 5) is 0. The summed E-state index contributed by atoms with van der Waals surface area (Å²) < 4.78 is 0. The Morgan fingerprint density at radius 2 is 1.91 bits per heavy atom. The topological polar surface area (TPSA) is 0 Å². The van der Waals surface area contributed by atoms with Gasteiger partial charge in [0.15, 0.2) is 0 Å². The molecule has 2 aliphatic carbocycles. The third-order valence-electron chi connectivity index (χ3n) is 3.14. The van der Waals surface area contributed by atoms with Gasteiger partial charge in [-0.3, -0.25) is 0 Å². The van der Waals surface area contributed by atoms with Crippen molar-refractivity contribution in [1.29, 1.82) is 0 Å². The molecule has 2 rings (SSSR count). The standard InChI is InChI=1S/C10H14.Na/c1-7-4-5-8-9(6-7)10(8,2)3;/h7-9H,6H2,1-3H3;. The second kappa shape index (κ2) is 2.80. The van der Waals surface area contributed by atoms with E-state index in [0.717, 1.165) is 11.8 Å². The molecule has 1 radical (unpaired) electrons. The van der Waals surface area contributed by atoms with Crippen molar-refractivity contribution in [3.05, 3.63) is 0 Å². The predicted molar refractivity (Wildman–Crippen MR) is 48.1 cm³/mol. The van der Waals surface area contributed by atoms with Gasteiger partial charge in [0.05, 0.1) is 0 Å². The first-order valence-electron chi connectivity index (χ1n) is 4.13. The van der Waals surface area contributed by atoms with E-state index in [9.17, 15) is 0 Å². The molecule has 0 heterocycles. The van der Waals surface area contributed by atoms with E-state index >= 15 is 0 Å². The van der Waals surface area contributed by atoms with Crippen LogP contribution in [0.25, 0.3) is 0 Å². The minimum Gasteiger partial charge on any atom is -0.0999 e. The zero-order valence-corrected chi connectivity index (χ0v) is 9.94. The summed E-state index contributed by atoms with van der Waals surface area (Å²) in [6.07, 6.45) is 1.34. The summed E-state index contributed by atoms with van der Waals surface area (Å²) in [5.41, 5.74) is 0.553. The van der Waals surface area contributed by atoms with Gasteiger partial charge in [-0.2, -0.15) is 0 Å². The maximum Gasteiger partial charge on any atom is 0.0291 e. The van der Waals surface area contributed by atoms with Crippen molar-refractivity contribution in [1.82, 2.24) is 0 Å². The Morgan fingerprint density at radius 3 is 2.36 bits per heavy atom. The van der Waals surface area contributed by atoms with Gasteiger partial charge < -0.3 is 0 Å². The van der Waals surface area contributed by atoms with Gasteiger partial charge in [0.25, 0.3) is 0 Å². The molecule has 11 heavy (non-hydrogen) atoms. The molecular formula is C10H14Na. The number of hydrogen-bond acceptors (Lipinski definition) is 0. The number of rotatable bonds is 0. The zero-order valence-electron chi connectivity index (χ0n) is 7.94. The molecule has 2 aliphatic rings. The monoisotopic (exact) mass is 157 g/mol. The molecule has 1 fully saturated rings. The molecule has 0 aromatic heterocycles. The van der Waals surface area contributed by atoms with E-state index in [4.69, 9.17) is 0 Å². The smallest absolute Gasteiger partial charge is 0.0291 e. The fourth-order valence-corrected chi connectivity index (χ4v) is 2.14. The van der Waals surface area contributed by atoms with Crippen molar-refractivity contribution in [3.8, 4) is 11.8 Å². The molecule has 0 aliphatic heterocycles. The van der Waals surface area contributed by atoms with Gasteiger partial charge in [-0.1, -0.05) is 32.6 Å². The van der Waals surface area contributed by atoms with Crippen LogP contribution in [-0.4, -0.2) is 29.6 Å². The van der Waals surface area contributed by atoms with Crippen LogP contribution in [0.4, 0.5) is 0 Å². The second-order valence-corrected chi connectivity index (χ2v) is 4.33. The Hall–Kier alpha value is 0.560. The summed E-state index contributed by atoms with van der Waals surface area (Å²) in [7, 11) is 0. The maximum atomic E-state index is 3.35. The van der Waals surface area contributed by atoms with E-state index < -0.39 is 0 Å². The average Bonchev–Trinajstić information content (AvgIpc) is 2.36. The van der Waals surface area contributed by atoms with E-state index in [-0.39, 0.29) is 29.6 Å². The third kappa shape index (κ3) is 1.39. The summed E-state index contributed by atoms with van der Waals surface area (Å²) >= 11 is 0. The van der Waals surface area contributed by atoms with Crippen LogP contribution >= 0.6 is 0 Å². The molecule has 0 N–H and O–H groups in total. The molecule has 0 spiro atoms. The van der Waals surface area contributed by atoms with Crippen molar-refractivity contribution in [2.75, 3.05) is 0 Å². The Labute approximate surface area is 91.4 Å². The van der Waals surface area contributed by atoms with Crippen LogP contribution in [0.3, 0.4) is 0 Å². The van der Waals surface area contributed by atoms with Crippen molar-refractivity contribution >= 4 is 29.6 Å². The quantitative estimate of drug-likeness (QED) is 0.372. The van der Waals surface area contributed by atoms with Crippen LogP contribution in [0, 0.1) is 35.0 Å². The molecule has 3 unspecified atom stereocenters. The molecule has 0 bridgehead atoms. The maximum absolute atomic E-state index is 3.35. The first-order chi connectivity index (χ1) is 4.62. The van der Waals surface area contributed by atoms with Gasteiger partial charge >= 0.3 is 0 Å². The largest absolute Gasteiger partial charge is 0.0999 e. The zero-order chi connectivity index (χ0) is 7.35. The molecule has 0 amide bonds. The van der Waals surface area contributed by atoms with Crippen LogP contribution in [-0.2, 0) is 0 Å². The molecule has 55 valence electrons. The van der Waals surface area contributed by atoms with Crippen molar-refractivity contribution < 1.29 is 0 Å². The van der Waals surface area contributed by atoms with E-state index in [1.54, 1.807) is 0 Å². The van der Waals surface area contributed by atoms with Crippen LogP contribution in [0.15, 0.2) is 0 Å². The number of fused-ring (bicyclic) bond motifs is 1. The summed E-state index contributed by atoms with van der Waals surface area (Å²) in [6.45, 7) is 6.92. The molecule has 3 atom stereocenters. The van der Waals surface area contributed by atoms with Crippen molar-refractivity contribution in [2.24, 2.45) is 23.2 Å². The minimum absolute atomic E-state index is 0. The normalized spacial score (nSPS) is 42.6. The number of hydrogen-bond donors (Lipinski definition) is 0. The van der Waals surface area contributed by atoms with Gasteiger partial charge in [0.1, 0.15) is 0 Å². The fourth-order valence-electron chi connectivity index (χ4n) is 2.14. The van der Waals surface area contributed by atoms with E-state index in [1.807, 2.05) is 0 Å². The van der Waals surface area contributed by atoms with Crippen molar-refractivity contribution in [3.63, 3.8) is 0 Å². The van der Waals surface area contributed by atoms with Crippen LogP contribution < -0.4 is 0 Å². The Kier molecular flexibility index (Phi) is 2.46. The van der Waals surface area contributed by atoms with Gasteiger partial charge in [-0.25, -0.2) is 0 Å². The molecule has 1 saturated carbocycles. The molecular weight excluding hydrogens is 143 g/mol. The minimum atomic E-state index is 0. The van der Waals surface area contributed by atoms with Crippen LogP contribution in [0.2, 0.25) is 0 Å². The third-order valence-corrected chi connectivity index (χ3v) is 3.14. The van der Waals surface area contributed by atoms with Gasteiger partial charge in [-0.15, -0.1) is 0 Å². The Balaban J connectivity index is 0.000000605. The summed E-state index contributed by atoms with van der Waals surface area (Å²) in [5, 5.41) is 0. The molecule has 0 aromatic carbocycles. The van der Waals surface area contributed by atoms with E-state index in [2.05, 4.69) is 32.6 Å². The summed E-state index contributed by atoms with van der Waals surface area (Å²) in [5.74, 6) is 8.94.